The molecule has 1 aromatic heterocycles. The quantitative estimate of drug-likeness (QED) is 0.910. The number of thiophene rings is 1. The summed E-state index contributed by atoms with van der Waals surface area (Å²) in [6, 6.07) is 11.6. The number of nitriles is 1. The van der Waals surface area contributed by atoms with Gasteiger partial charge in [0.25, 0.3) is 0 Å². The number of hydrogen-bond acceptors (Lipinski definition) is 5. The number of nitrogen functional groups attached to an aromatic ring is 1. The highest BCUT2D eigenvalue weighted by atomic mass is 32.1. The van der Waals surface area contributed by atoms with Crippen molar-refractivity contribution in [2.45, 2.75) is 13.0 Å². The molecule has 0 radical (unpaired) electrons. The van der Waals surface area contributed by atoms with Crippen LogP contribution in [-0.2, 0) is 17.8 Å². The summed E-state index contributed by atoms with van der Waals surface area (Å²) >= 11 is 1.46. The smallest absolute Gasteiger partial charge is 0.238 e. The van der Waals surface area contributed by atoms with Gasteiger partial charge in [0, 0.05) is 23.7 Å². The second-order valence-electron chi connectivity index (χ2n) is 5.23. The number of para-hydroxylation sites is 1. The van der Waals surface area contributed by atoms with Gasteiger partial charge in [-0.15, -0.1) is 11.3 Å². The van der Waals surface area contributed by atoms with Gasteiger partial charge in [0.05, 0.1) is 12.1 Å². The zero-order valence-corrected chi connectivity index (χ0v) is 12.8. The van der Waals surface area contributed by atoms with Crippen LogP contribution in [0.4, 0.5) is 10.7 Å². The maximum Gasteiger partial charge on any atom is 0.238 e. The molecule has 0 saturated heterocycles. The standard InChI is InChI=1S/C16H16N4OS/c17-8-13-12-6-7-20(9-14(12)22-16(13)18)10-15(21)19-11-4-2-1-3-5-11/h1-5H,6-7,9-10,18H2,(H,19,21). The minimum atomic E-state index is -0.0281. The third kappa shape index (κ3) is 2.96. The third-order valence-corrected chi connectivity index (χ3v) is 4.75. The summed E-state index contributed by atoms with van der Waals surface area (Å²) in [4.78, 5) is 15.3. The van der Waals surface area contributed by atoms with Crippen molar-refractivity contribution in [3.8, 4) is 6.07 Å². The summed E-state index contributed by atoms with van der Waals surface area (Å²) in [5.74, 6) is -0.0281. The number of anilines is 2. The SMILES string of the molecule is N#Cc1c(N)sc2c1CCN(CC(=O)Nc1ccccc1)C2. The molecule has 0 fully saturated rings. The highest BCUT2D eigenvalue weighted by Gasteiger charge is 2.24. The Balaban J connectivity index is 1.63. The molecule has 0 aliphatic carbocycles. The fourth-order valence-electron chi connectivity index (χ4n) is 2.66. The first-order chi connectivity index (χ1) is 10.7. The predicted molar refractivity (Wildman–Crippen MR) is 87.5 cm³/mol. The Kier molecular flexibility index (Phi) is 4.09. The van der Waals surface area contributed by atoms with E-state index in [-0.39, 0.29) is 5.91 Å². The molecule has 1 aliphatic rings. The van der Waals surface area contributed by atoms with Crippen molar-refractivity contribution in [1.29, 1.82) is 5.26 Å². The van der Waals surface area contributed by atoms with Gasteiger partial charge in [-0.2, -0.15) is 5.26 Å². The van der Waals surface area contributed by atoms with E-state index in [1.54, 1.807) is 0 Å². The van der Waals surface area contributed by atoms with Crippen LogP contribution >= 0.6 is 11.3 Å². The Morgan fingerprint density at radius 1 is 1.41 bits per heavy atom. The van der Waals surface area contributed by atoms with E-state index < -0.39 is 0 Å². The number of amides is 1. The van der Waals surface area contributed by atoms with Crippen molar-refractivity contribution >= 4 is 27.9 Å². The molecule has 5 nitrogen and oxygen atoms in total. The fourth-order valence-corrected chi connectivity index (χ4v) is 3.77. The Bertz CT molecular complexity index is 733. The van der Waals surface area contributed by atoms with Crippen LogP contribution in [0.15, 0.2) is 30.3 Å². The summed E-state index contributed by atoms with van der Waals surface area (Å²) in [5.41, 5.74) is 8.36. The van der Waals surface area contributed by atoms with Crippen molar-refractivity contribution in [3.05, 3.63) is 46.3 Å². The van der Waals surface area contributed by atoms with E-state index in [2.05, 4.69) is 16.3 Å². The molecule has 0 atom stereocenters. The van der Waals surface area contributed by atoms with Crippen molar-refractivity contribution in [3.63, 3.8) is 0 Å². The van der Waals surface area contributed by atoms with E-state index >= 15 is 0 Å². The number of hydrogen-bond donors (Lipinski definition) is 2. The minimum Gasteiger partial charge on any atom is -0.389 e. The summed E-state index contributed by atoms with van der Waals surface area (Å²) in [7, 11) is 0. The number of rotatable bonds is 3. The van der Waals surface area contributed by atoms with Gasteiger partial charge in [-0.05, 0) is 24.1 Å². The van der Waals surface area contributed by atoms with Crippen LogP contribution in [0.2, 0.25) is 0 Å². The van der Waals surface area contributed by atoms with Crippen LogP contribution in [0.25, 0.3) is 0 Å². The summed E-state index contributed by atoms with van der Waals surface area (Å²) in [6.07, 6.45) is 0.768. The Hall–Kier alpha value is -2.36. The molecule has 1 aliphatic heterocycles. The second-order valence-corrected chi connectivity index (χ2v) is 6.37. The first kappa shape index (κ1) is 14.6. The van der Waals surface area contributed by atoms with E-state index in [1.807, 2.05) is 30.3 Å². The minimum absolute atomic E-state index is 0.0281. The fraction of sp³-hybridized carbons (Fsp3) is 0.250. The average Bonchev–Trinajstić information content (AvgIpc) is 2.82. The molecule has 6 heteroatoms. The number of carbonyl (C=O) groups excluding carboxylic acids is 1. The lowest BCUT2D eigenvalue weighted by Gasteiger charge is -2.26. The van der Waals surface area contributed by atoms with Gasteiger partial charge in [0.2, 0.25) is 5.91 Å². The van der Waals surface area contributed by atoms with E-state index in [4.69, 9.17) is 11.0 Å². The molecule has 3 N–H and O–H groups in total. The van der Waals surface area contributed by atoms with Crippen LogP contribution in [0, 0.1) is 11.3 Å². The Morgan fingerprint density at radius 3 is 2.91 bits per heavy atom. The molecular formula is C16H16N4OS. The van der Waals surface area contributed by atoms with Gasteiger partial charge >= 0.3 is 0 Å². The molecule has 22 heavy (non-hydrogen) atoms. The molecule has 3 rings (SSSR count). The van der Waals surface area contributed by atoms with Crippen LogP contribution in [0.3, 0.4) is 0 Å². The average molecular weight is 312 g/mol. The van der Waals surface area contributed by atoms with Gasteiger partial charge in [-0.25, -0.2) is 0 Å². The lowest BCUT2D eigenvalue weighted by molar-refractivity contribution is -0.117. The van der Waals surface area contributed by atoms with Gasteiger partial charge in [0.15, 0.2) is 0 Å². The largest absolute Gasteiger partial charge is 0.389 e. The van der Waals surface area contributed by atoms with Crippen LogP contribution < -0.4 is 11.1 Å². The van der Waals surface area contributed by atoms with E-state index in [0.29, 0.717) is 23.7 Å². The molecule has 112 valence electrons. The molecule has 1 aromatic carbocycles. The highest BCUT2D eigenvalue weighted by molar-refractivity contribution is 7.16. The van der Waals surface area contributed by atoms with Crippen LogP contribution in [0.1, 0.15) is 16.0 Å². The van der Waals surface area contributed by atoms with Gasteiger partial charge in [0.1, 0.15) is 11.1 Å². The number of benzene rings is 1. The highest BCUT2D eigenvalue weighted by Crippen LogP contribution is 2.34. The van der Waals surface area contributed by atoms with E-state index in [0.717, 1.165) is 29.1 Å². The van der Waals surface area contributed by atoms with Crippen molar-refractivity contribution in [1.82, 2.24) is 4.90 Å². The second kappa shape index (κ2) is 6.18. The first-order valence-electron chi connectivity index (χ1n) is 7.04. The number of nitrogens with zero attached hydrogens (tertiary/aromatic N) is 2. The molecule has 2 aromatic rings. The van der Waals surface area contributed by atoms with Crippen LogP contribution in [0.5, 0.6) is 0 Å². The first-order valence-corrected chi connectivity index (χ1v) is 7.86. The number of fused-ring (bicyclic) bond motifs is 1. The Labute approximate surface area is 133 Å². The lowest BCUT2D eigenvalue weighted by atomic mass is 10.0. The topological polar surface area (TPSA) is 82.2 Å². The molecule has 0 spiro atoms. The maximum atomic E-state index is 12.1. The van der Waals surface area contributed by atoms with Gasteiger partial charge in [-0.3, -0.25) is 9.69 Å². The molecule has 0 saturated carbocycles. The Morgan fingerprint density at radius 2 is 2.18 bits per heavy atom. The van der Waals surface area contributed by atoms with Gasteiger partial charge < -0.3 is 11.1 Å². The summed E-state index contributed by atoms with van der Waals surface area (Å²) in [5, 5.41) is 12.6. The van der Waals surface area contributed by atoms with Crippen molar-refractivity contribution < 1.29 is 4.79 Å². The lowest BCUT2D eigenvalue weighted by Crippen LogP contribution is -2.36. The number of nitrogens with two attached hydrogens (primary N) is 1. The molecule has 1 amide bonds. The third-order valence-electron chi connectivity index (χ3n) is 3.70. The molecule has 0 bridgehead atoms. The van der Waals surface area contributed by atoms with Crippen molar-refractivity contribution in [2.75, 3.05) is 24.1 Å². The summed E-state index contributed by atoms with van der Waals surface area (Å²) < 4.78 is 0. The van der Waals surface area contributed by atoms with E-state index in [1.165, 1.54) is 11.3 Å². The normalized spacial score (nSPS) is 14.1. The number of nitrogens with one attached hydrogen (secondary N) is 1. The molecule has 2 heterocycles. The van der Waals surface area contributed by atoms with Crippen molar-refractivity contribution in [2.24, 2.45) is 0 Å². The van der Waals surface area contributed by atoms with Crippen LogP contribution in [-0.4, -0.2) is 23.9 Å². The summed E-state index contributed by atoms with van der Waals surface area (Å²) in [6.45, 7) is 1.78. The van der Waals surface area contributed by atoms with Gasteiger partial charge in [-0.1, -0.05) is 18.2 Å². The maximum absolute atomic E-state index is 12.1. The number of carbonyl (C=O) groups is 1. The molecular weight excluding hydrogens is 296 g/mol. The monoisotopic (exact) mass is 312 g/mol. The predicted octanol–water partition coefficient (Wildman–Crippen LogP) is 2.20. The zero-order chi connectivity index (χ0) is 15.5. The zero-order valence-electron chi connectivity index (χ0n) is 12.0. The molecule has 0 unspecified atom stereocenters. The van der Waals surface area contributed by atoms with E-state index in [9.17, 15) is 4.79 Å².